The SMILES string of the molecule is Cc1cc(N=S)cc2ncnc(Nc3ccc(F)cc3OC[C@@H]3CCC(=O)N3)c12. The van der Waals surface area contributed by atoms with Crippen LogP contribution < -0.4 is 15.4 Å². The number of rotatable bonds is 6. The van der Waals surface area contributed by atoms with E-state index in [2.05, 4.69) is 25.0 Å². The summed E-state index contributed by atoms with van der Waals surface area (Å²) in [4.78, 5) is 20.0. The number of ether oxygens (including phenoxy) is 1. The molecule has 1 aliphatic heterocycles. The molecule has 148 valence electrons. The highest BCUT2D eigenvalue weighted by Gasteiger charge is 2.22. The van der Waals surface area contributed by atoms with Crippen molar-refractivity contribution in [3.8, 4) is 5.75 Å². The average molecular weight is 411 g/mol. The van der Waals surface area contributed by atoms with Gasteiger partial charge in [0, 0.05) is 30.3 Å². The molecule has 1 amide bonds. The third-order valence-electron chi connectivity index (χ3n) is 4.75. The lowest BCUT2D eigenvalue weighted by Gasteiger charge is -2.17. The number of aromatic nitrogens is 2. The maximum Gasteiger partial charge on any atom is 0.220 e. The summed E-state index contributed by atoms with van der Waals surface area (Å²) in [5.41, 5.74) is 2.82. The van der Waals surface area contributed by atoms with Gasteiger partial charge in [-0.3, -0.25) is 4.79 Å². The van der Waals surface area contributed by atoms with Crippen LogP contribution in [0.2, 0.25) is 0 Å². The highest BCUT2D eigenvalue weighted by atomic mass is 32.1. The average Bonchev–Trinajstić information content (AvgIpc) is 3.13. The maximum absolute atomic E-state index is 13.8. The van der Waals surface area contributed by atoms with E-state index in [9.17, 15) is 9.18 Å². The van der Waals surface area contributed by atoms with E-state index in [1.807, 2.05) is 13.0 Å². The van der Waals surface area contributed by atoms with E-state index in [0.717, 1.165) is 10.9 Å². The monoisotopic (exact) mass is 411 g/mol. The predicted molar refractivity (Wildman–Crippen MR) is 110 cm³/mol. The van der Waals surface area contributed by atoms with E-state index in [1.165, 1.54) is 18.5 Å². The van der Waals surface area contributed by atoms with Gasteiger partial charge in [-0.1, -0.05) is 0 Å². The fourth-order valence-electron chi connectivity index (χ4n) is 3.36. The molecule has 4 rings (SSSR count). The predicted octanol–water partition coefficient (Wildman–Crippen LogP) is 3.84. The van der Waals surface area contributed by atoms with Gasteiger partial charge in [0.15, 0.2) is 0 Å². The fraction of sp³-hybridized carbons (Fsp3) is 0.250. The Morgan fingerprint density at radius 2 is 2.21 bits per heavy atom. The van der Waals surface area contributed by atoms with Crippen LogP contribution in [0.1, 0.15) is 18.4 Å². The zero-order chi connectivity index (χ0) is 20.4. The number of amides is 1. The van der Waals surface area contributed by atoms with E-state index in [-0.39, 0.29) is 18.6 Å². The van der Waals surface area contributed by atoms with Crippen molar-refractivity contribution in [1.82, 2.24) is 15.3 Å². The van der Waals surface area contributed by atoms with Crippen LogP contribution in [0, 0.1) is 12.7 Å². The second-order valence-corrected chi connectivity index (χ2v) is 7.03. The van der Waals surface area contributed by atoms with Crippen molar-refractivity contribution in [2.75, 3.05) is 11.9 Å². The first-order valence-corrected chi connectivity index (χ1v) is 9.47. The van der Waals surface area contributed by atoms with E-state index in [1.54, 1.807) is 12.1 Å². The van der Waals surface area contributed by atoms with Gasteiger partial charge >= 0.3 is 0 Å². The number of anilines is 2. The first kappa shape index (κ1) is 19.1. The van der Waals surface area contributed by atoms with Gasteiger partial charge in [0.25, 0.3) is 0 Å². The number of carbonyl (C=O) groups is 1. The zero-order valence-corrected chi connectivity index (χ0v) is 16.4. The normalized spacial score (nSPS) is 15.9. The molecule has 3 aromatic rings. The molecule has 1 fully saturated rings. The molecule has 9 heteroatoms. The summed E-state index contributed by atoms with van der Waals surface area (Å²) in [6.45, 7) is 2.18. The quantitative estimate of drug-likeness (QED) is 0.641. The minimum Gasteiger partial charge on any atom is -0.489 e. The van der Waals surface area contributed by atoms with Crippen LogP contribution in [-0.2, 0) is 17.2 Å². The van der Waals surface area contributed by atoms with Gasteiger partial charge in [0.1, 0.15) is 30.3 Å². The number of nitrogens with zero attached hydrogens (tertiary/aromatic N) is 3. The molecule has 7 nitrogen and oxygen atoms in total. The van der Waals surface area contributed by atoms with Crippen molar-refractivity contribution in [3.05, 3.63) is 48.0 Å². The Hall–Kier alpha value is -3.20. The van der Waals surface area contributed by atoms with Crippen LogP contribution >= 0.6 is 0 Å². The van der Waals surface area contributed by atoms with Gasteiger partial charge in [0.2, 0.25) is 5.91 Å². The van der Waals surface area contributed by atoms with Crippen LogP contribution in [0.3, 0.4) is 0 Å². The summed E-state index contributed by atoms with van der Waals surface area (Å²) >= 11 is 4.78. The molecule has 0 aliphatic carbocycles. The molecule has 0 spiro atoms. The van der Waals surface area contributed by atoms with Crippen LogP contribution in [0.5, 0.6) is 5.75 Å². The summed E-state index contributed by atoms with van der Waals surface area (Å²) in [7, 11) is 0. The molecule has 0 bridgehead atoms. The third kappa shape index (κ3) is 4.14. The standard InChI is InChI=1S/C20H18FN5O2S/c1-11-6-14(26-29)8-16-19(11)20(23-10-22-16)25-15-4-2-12(21)7-17(15)28-9-13-3-5-18(27)24-13/h2,4,6-8,10,13H,3,5,9H2,1H3,(H,24,27)(H,22,23,25)/t13-/m0/s1. The second-order valence-electron chi connectivity index (χ2n) is 6.85. The molecule has 0 radical (unpaired) electrons. The number of nitrogens with one attached hydrogen (secondary N) is 2. The van der Waals surface area contributed by atoms with E-state index >= 15 is 0 Å². The number of benzene rings is 2. The van der Waals surface area contributed by atoms with Gasteiger partial charge in [0.05, 0.1) is 22.9 Å². The topological polar surface area (TPSA) is 88.5 Å². The summed E-state index contributed by atoms with van der Waals surface area (Å²) in [5.74, 6) is 0.493. The van der Waals surface area contributed by atoms with Crippen LogP contribution in [-0.4, -0.2) is 28.5 Å². The van der Waals surface area contributed by atoms with Gasteiger partial charge < -0.3 is 15.4 Å². The van der Waals surface area contributed by atoms with Crippen molar-refractivity contribution in [1.29, 1.82) is 0 Å². The lowest BCUT2D eigenvalue weighted by atomic mass is 10.1. The smallest absolute Gasteiger partial charge is 0.220 e. The molecule has 2 N–H and O–H groups in total. The lowest BCUT2D eigenvalue weighted by molar-refractivity contribution is -0.119. The van der Waals surface area contributed by atoms with Gasteiger partial charge in [-0.15, -0.1) is 0 Å². The Balaban J connectivity index is 1.64. The highest BCUT2D eigenvalue weighted by molar-refractivity contribution is 7.47. The molecule has 1 aromatic heterocycles. The first-order valence-electron chi connectivity index (χ1n) is 9.11. The second kappa shape index (κ2) is 8.04. The highest BCUT2D eigenvalue weighted by Crippen LogP contribution is 2.33. The number of fused-ring (bicyclic) bond motifs is 1. The largest absolute Gasteiger partial charge is 0.489 e. The Morgan fingerprint density at radius 1 is 1.34 bits per heavy atom. The molecule has 29 heavy (non-hydrogen) atoms. The van der Waals surface area contributed by atoms with Crippen LogP contribution in [0.4, 0.5) is 21.6 Å². The van der Waals surface area contributed by atoms with E-state index < -0.39 is 5.82 Å². The summed E-state index contributed by atoms with van der Waals surface area (Å²) in [6, 6.07) is 7.80. The van der Waals surface area contributed by atoms with Crippen molar-refractivity contribution in [2.24, 2.45) is 4.36 Å². The summed E-state index contributed by atoms with van der Waals surface area (Å²) < 4.78 is 23.4. The minimum atomic E-state index is -0.415. The summed E-state index contributed by atoms with van der Waals surface area (Å²) in [5, 5.41) is 6.87. The van der Waals surface area contributed by atoms with E-state index in [0.29, 0.717) is 41.3 Å². The number of hydrogen-bond donors (Lipinski definition) is 2. The van der Waals surface area contributed by atoms with Crippen molar-refractivity contribution in [3.63, 3.8) is 0 Å². The number of hydrogen-bond acceptors (Lipinski definition) is 7. The van der Waals surface area contributed by atoms with Gasteiger partial charge in [-0.25, -0.2) is 14.4 Å². The van der Waals surface area contributed by atoms with E-state index in [4.69, 9.17) is 17.2 Å². The molecular weight excluding hydrogens is 393 g/mol. The maximum atomic E-state index is 13.8. The van der Waals surface area contributed by atoms with Crippen molar-refractivity contribution < 1.29 is 13.9 Å². The lowest BCUT2D eigenvalue weighted by Crippen LogP contribution is -2.31. The number of aryl methyl sites for hydroxylation is 1. The Kier molecular flexibility index (Phi) is 5.30. The van der Waals surface area contributed by atoms with Crippen molar-refractivity contribution >= 4 is 46.4 Å². The Morgan fingerprint density at radius 3 is 2.97 bits per heavy atom. The minimum absolute atomic E-state index is 0.00399. The van der Waals surface area contributed by atoms with Crippen LogP contribution in [0.25, 0.3) is 10.9 Å². The molecular formula is C20H18FN5O2S. The third-order valence-corrected chi connectivity index (χ3v) is 4.96. The molecule has 2 aromatic carbocycles. The Labute approximate surface area is 171 Å². The Bertz CT molecular complexity index is 1110. The molecule has 0 unspecified atom stereocenters. The van der Waals surface area contributed by atoms with Crippen LogP contribution in [0.15, 0.2) is 41.0 Å². The first-order chi connectivity index (χ1) is 14.0. The summed E-state index contributed by atoms with van der Waals surface area (Å²) in [6.07, 6.45) is 2.62. The molecule has 0 saturated carbocycles. The molecule has 2 heterocycles. The van der Waals surface area contributed by atoms with Crippen molar-refractivity contribution in [2.45, 2.75) is 25.8 Å². The molecule has 1 aliphatic rings. The number of carbonyl (C=O) groups excluding carboxylic acids is 1. The molecule has 1 saturated heterocycles. The fourth-order valence-corrected chi connectivity index (χ4v) is 3.47. The zero-order valence-electron chi connectivity index (χ0n) is 15.6. The number of halogens is 1. The van der Waals surface area contributed by atoms with Gasteiger partial charge in [-0.2, -0.15) is 4.36 Å². The van der Waals surface area contributed by atoms with Gasteiger partial charge in [-0.05, 0) is 43.2 Å². The molecule has 1 atom stereocenters.